The standard InChI is InChI=1S/C14H11BrN2O/c1-9-7-10(2)17(14(18)11(9)8-16)13-6-4-3-5-12(13)15/h3-7H,1-2H3. The van der Waals surface area contributed by atoms with Crippen molar-refractivity contribution in [3.05, 3.63) is 62.0 Å². The lowest BCUT2D eigenvalue weighted by molar-refractivity contribution is 0.916. The van der Waals surface area contributed by atoms with E-state index in [4.69, 9.17) is 5.26 Å². The highest BCUT2D eigenvalue weighted by Gasteiger charge is 2.12. The molecule has 0 aliphatic carbocycles. The molecule has 0 fully saturated rings. The number of benzene rings is 1. The highest BCUT2D eigenvalue weighted by Crippen LogP contribution is 2.21. The third kappa shape index (κ3) is 1.98. The van der Waals surface area contributed by atoms with Gasteiger partial charge >= 0.3 is 0 Å². The monoisotopic (exact) mass is 302 g/mol. The summed E-state index contributed by atoms with van der Waals surface area (Å²) in [5.74, 6) is 0. The summed E-state index contributed by atoms with van der Waals surface area (Å²) in [6, 6.07) is 11.3. The van der Waals surface area contributed by atoms with Crippen molar-refractivity contribution in [3.8, 4) is 11.8 Å². The van der Waals surface area contributed by atoms with Crippen LogP contribution in [0.15, 0.2) is 39.6 Å². The van der Waals surface area contributed by atoms with Crippen molar-refractivity contribution in [2.45, 2.75) is 13.8 Å². The lowest BCUT2D eigenvalue weighted by atomic mass is 10.1. The average Bonchev–Trinajstić information content (AvgIpc) is 2.31. The fraction of sp³-hybridized carbons (Fsp3) is 0.143. The molecule has 0 aliphatic rings. The van der Waals surface area contributed by atoms with Crippen LogP contribution in [-0.4, -0.2) is 4.57 Å². The largest absolute Gasteiger partial charge is 0.279 e. The average molecular weight is 303 g/mol. The third-order valence-corrected chi connectivity index (χ3v) is 3.47. The second kappa shape index (κ2) is 4.79. The molecule has 90 valence electrons. The molecule has 1 aromatic carbocycles. The number of nitriles is 1. The molecule has 18 heavy (non-hydrogen) atoms. The Morgan fingerprint density at radius 3 is 2.56 bits per heavy atom. The van der Waals surface area contributed by atoms with Crippen molar-refractivity contribution in [1.82, 2.24) is 4.57 Å². The first-order valence-corrected chi connectivity index (χ1v) is 6.24. The number of aromatic nitrogens is 1. The molecule has 2 rings (SSSR count). The Labute approximate surface area is 113 Å². The summed E-state index contributed by atoms with van der Waals surface area (Å²) >= 11 is 3.42. The lowest BCUT2D eigenvalue weighted by Gasteiger charge is -2.13. The maximum absolute atomic E-state index is 12.3. The van der Waals surface area contributed by atoms with E-state index in [0.717, 1.165) is 15.9 Å². The van der Waals surface area contributed by atoms with Gasteiger partial charge in [-0.25, -0.2) is 0 Å². The Kier molecular flexibility index (Phi) is 3.35. The van der Waals surface area contributed by atoms with Crippen LogP contribution >= 0.6 is 15.9 Å². The quantitative estimate of drug-likeness (QED) is 0.812. The van der Waals surface area contributed by atoms with Crippen LogP contribution in [0.2, 0.25) is 0 Å². The second-order valence-electron chi connectivity index (χ2n) is 4.05. The molecular weight excluding hydrogens is 292 g/mol. The summed E-state index contributed by atoms with van der Waals surface area (Å²) in [6.45, 7) is 3.63. The van der Waals surface area contributed by atoms with Crippen LogP contribution in [-0.2, 0) is 0 Å². The summed E-state index contributed by atoms with van der Waals surface area (Å²) in [4.78, 5) is 12.3. The Bertz CT molecular complexity index is 711. The van der Waals surface area contributed by atoms with Crippen LogP contribution in [0.1, 0.15) is 16.8 Å². The first-order chi connectivity index (χ1) is 8.56. The number of halogens is 1. The molecule has 1 aromatic heterocycles. The molecule has 2 aromatic rings. The van der Waals surface area contributed by atoms with Gasteiger partial charge in [-0.05, 0) is 53.5 Å². The summed E-state index contributed by atoms with van der Waals surface area (Å²) in [6.07, 6.45) is 0. The van der Waals surface area contributed by atoms with E-state index in [0.29, 0.717) is 5.56 Å². The van der Waals surface area contributed by atoms with E-state index in [9.17, 15) is 4.79 Å². The Balaban J connectivity index is 2.86. The van der Waals surface area contributed by atoms with Crippen LogP contribution < -0.4 is 5.56 Å². The van der Waals surface area contributed by atoms with Crippen LogP contribution in [0.5, 0.6) is 0 Å². The number of hydrogen-bond donors (Lipinski definition) is 0. The van der Waals surface area contributed by atoms with Crippen LogP contribution in [0, 0.1) is 25.2 Å². The second-order valence-corrected chi connectivity index (χ2v) is 4.90. The number of hydrogen-bond acceptors (Lipinski definition) is 2. The predicted molar refractivity (Wildman–Crippen MR) is 73.9 cm³/mol. The van der Waals surface area contributed by atoms with Crippen LogP contribution in [0.3, 0.4) is 0 Å². The van der Waals surface area contributed by atoms with Gasteiger partial charge < -0.3 is 0 Å². The van der Waals surface area contributed by atoms with Gasteiger partial charge in [-0.1, -0.05) is 12.1 Å². The smallest absolute Gasteiger partial charge is 0.273 e. The van der Waals surface area contributed by atoms with Gasteiger partial charge in [0, 0.05) is 10.2 Å². The molecule has 0 saturated heterocycles. The molecule has 0 N–H and O–H groups in total. The topological polar surface area (TPSA) is 45.8 Å². The van der Waals surface area contributed by atoms with E-state index in [1.165, 1.54) is 0 Å². The number of rotatable bonds is 1. The molecule has 4 heteroatoms. The van der Waals surface area contributed by atoms with E-state index in [1.807, 2.05) is 43.3 Å². The number of para-hydroxylation sites is 1. The number of nitrogens with zero attached hydrogens (tertiary/aromatic N) is 2. The molecule has 1 heterocycles. The van der Waals surface area contributed by atoms with Gasteiger partial charge in [0.15, 0.2) is 0 Å². The highest BCUT2D eigenvalue weighted by atomic mass is 79.9. The normalized spacial score (nSPS) is 10.1. The van der Waals surface area contributed by atoms with Crippen LogP contribution in [0.25, 0.3) is 5.69 Å². The zero-order valence-electron chi connectivity index (χ0n) is 10.1. The van der Waals surface area contributed by atoms with Gasteiger partial charge in [-0.3, -0.25) is 9.36 Å². The number of aryl methyl sites for hydroxylation is 2. The molecule has 0 amide bonds. The molecule has 0 aliphatic heterocycles. The molecule has 0 atom stereocenters. The Morgan fingerprint density at radius 2 is 1.94 bits per heavy atom. The van der Waals surface area contributed by atoms with Gasteiger partial charge in [0.1, 0.15) is 11.6 Å². The van der Waals surface area contributed by atoms with Crippen molar-refractivity contribution in [2.24, 2.45) is 0 Å². The molecular formula is C14H11BrN2O. The molecule has 0 unspecified atom stereocenters. The van der Waals surface area contributed by atoms with E-state index >= 15 is 0 Å². The Hall–Kier alpha value is -1.86. The SMILES string of the molecule is Cc1cc(C)n(-c2ccccc2Br)c(=O)c1C#N. The van der Waals surface area contributed by atoms with Gasteiger partial charge in [0.2, 0.25) is 0 Å². The van der Waals surface area contributed by atoms with Gasteiger partial charge in [-0.2, -0.15) is 5.26 Å². The summed E-state index contributed by atoms with van der Waals surface area (Å²) in [7, 11) is 0. The fourth-order valence-corrected chi connectivity index (χ4v) is 2.42. The Morgan fingerprint density at radius 1 is 1.28 bits per heavy atom. The van der Waals surface area contributed by atoms with Gasteiger partial charge in [0.25, 0.3) is 5.56 Å². The fourth-order valence-electron chi connectivity index (χ4n) is 1.96. The zero-order valence-corrected chi connectivity index (χ0v) is 11.7. The van der Waals surface area contributed by atoms with Crippen molar-refractivity contribution in [1.29, 1.82) is 5.26 Å². The number of pyridine rings is 1. The summed E-state index contributed by atoms with van der Waals surface area (Å²) in [5.41, 5.74) is 2.18. The maximum atomic E-state index is 12.3. The minimum Gasteiger partial charge on any atom is -0.279 e. The van der Waals surface area contributed by atoms with E-state index < -0.39 is 0 Å². The van der Waals surface area contributed by atoms with E-state index in [2.05, 4.69) is 15.9 Å². The highest BCUT2D eigenvalue weighted by molar-refractivity contribution is 9.10. The molecule has 0 saturated carbocycles. The lowest BCUT2D eigenvalue weighted by Crippen LogP contribution is -2.24. The van der Waals surface area contributed by atoms with E-state index in [1.54, 1.807) is 11.5 Å². The van der Waals surface area contributed by atoms with Crippen molar-refractivity contribution in [3.63, 3.8) is 0 Å². The minimum absolute atomic E-state index is 0.191. The minimum atomic E-state index is -0.276. The van der Waals surface area contributed by atoms with Crippen molar-refractivity contribution in [2.75, 3.05) is 0 Å². The molecule has 3 nitrogen and oxygen atoms in total. The predicted octanol–water partition coefficient (Wildman–Crippen LogP) is 3.09. The molecule has 0 bridgehead atoms. The summed E-state index contributed by atoms with van der Waals surface area (Å²) in [5, 5.41) is 9.06. The van der Waals surface area contributed by atoms with Gasteiger partial charge in [-0.15, -0.1) is 0 Å². The zero-order chi connectivity index (χ0) is 13.3. The maximum Gasteiger partial charge on any atom is 0.273 e. The third-order valence-electron chi connectivity index (χ3n) is 2.79. The van der Waals surface area contributed by atoms with Crippen LogP contribution in [0.4, 0.5) is 0 Å². The van der Waals surface area contributed by atoms with Crippen molar-refractivity contribution >= 4 is 15.9 Å². The van der Waals surface area contributed by atoms with Gasteiger partial charge in [0.05, 0.1) is 5.69 Å². The molecule has 0 spiro atoms. The first-order valence-electron chi connectivity index (χ1n) is 5.44. The molecule has 0 radical (unpaired) electrons. The summed E-state index contributed by atoms with van der Waals surface area (Å²) < 4.78 is 2.37. The van der Waals surface area contributed by atoms with Crippen molar-refractivity contribution < 1.29 is 0 Å². The first kappa shape index (κ1) is 12.6. The van der Waals surface area contributed by atoms with E-state index in [-0.39, 0.29) is 11.1 Å².